The molecular formula is C8H17ClO4. The maximum absolute atomic E-state index is 5.31. The highest BCUT2D eigenvalue weighted by Crippen LogP contribution is 2.13. The van der Waals surface area contributed by atoms with E-state index >= 15 is 0 Å². The molecule has 1 fully saturated rings. The number of rotatable bonds is 0. The summed E-state index contributed by atoms with van der Waals surface area (Å²) in [6.45, 7) is 7.26. The molecular weight excluding hydrogens is 196 g/mol. The Bertz CT molecular complexity index is 104. The fourth-order valence-electron chi connectivity index (χ4n) is 1.21. The summed E-state index contributed by atoms with van der Waals surface area (Å²) in [5.74, 6) is 0. The SMILES string of the molecule is CC1OC(C)OC(C)OC(C)O1.Cl. The van der Waals surface area contributed by atoms with Gasteiger partial charge in [-0.15, -0.1) is 12.4 Å². The Morgan fingerprint density at radius 1 is 0.538 bits per heavy atom. The summed E-state index contributed by atoms with van der Waals surface area (Å²) in [5, 5.41) is 0. The zero-order valence-electron chi connectivity index (χ0n) is 8.35. The third-order valence-corrected chi connectivity index (χ3v) is 1.53. The number of hydrogen-bond acceptors (Lipinski definition) is 4. The van der Waals surface area contributed by atoms with Gasteiger partial charge in [-0.1, -0.05) is 0 Å². The lowest BCUT2D eigenvalue weighted by Crippen LogP contribution is -2.35. The Morgan fingerprint density at radius 3 is 0.846 bits per heavy atom. The van der Waals surface area contributed by atoms with E-state index in [0.29, 0.717) is 0 Å². The summed E-state index contributed by atoms with van der Waals surface area (Å²) < 4.78 is 21.2. The Kier molecular flexibility index (Phi) is 5.83. The topological polar surface area (TPSA) is 36.9 Å². The highest BCUT2D eigenvalue weighted by Gasteiger charge is 2.21. The van der Waals surface area contributed by atoms with E-state index in [1.54, 1.807) is 0 Å². The second-order valence-corrected chi connectivity index (χ2v) is 2.81. The minimum Gasteiger partial charge on any atom is -0.324 e. The van der Waals surface area contributed by atoms with Gasteiger partial charge in [0.2, 0.25) is 0 Å². The maximum Gasteiger partial charge on any atom is 0.161 e. The molecule has 0 amide bonds. The Labute approximate surface area is 84.9 Å². The average molecular weight is 213 g/mol. The van der Waals surface area contributed by atoms with Crippen LogP contribution < -0.4 is 0 Å². The van der Waals surface area contributed by atoms with Crippen molar-refractivity contribution < 1.29 is 18.9 Å². The van der Waals surface area contributed by atoms with Crippen molar-refractivity contribution in [1.82, 2.24) is 0 Å². The molecule has 0 saturated carbocycles. The molecule has 0 spiro atoms. The molecule has 1 saturated heterocycles. The van der Waals surface area contributed by atoms with E-state index in [9.17, 15) is 0 Å². The molecule has 4 nitrogen and oxygen atoms in total. The highest BCUT2D eigenvalue weighted by molar-refractivity contribution is 5.85. The fourth-order valence-corrected chi connectivity index (χ4v) is 1.21. The summed E-state index contributed by atoms with van der Waals surface area (Å²) in [6.07, 6.45) is -1.16. The van der Waals surface area contributed by atoms with Crippen LogP contribution in [-0.2, 0) is 18.9 Å². The molecule has 1 aliphatic heterocycles. The van der Waals surface area contributed by atoms with E-state index in [0.717, 1.165) is 0 Å². The van der Waals surface area contributed by atoms with Gasteiger partial charge in [0.05, 0.1) is 0 Å². The van der Waals surface area contributed by atoms with Crippen LogP contribution in [0.25, 0.3) is 0 Å². The van der Waals surface area contributed by atoms with Gasteiger partial charge in [0, 0.05) is 0 Å². The van der Waals surface area contributed by atoms with E-state index in [1.807, 2.05) is 27.7 Å². The third-order valence-electron chi connectivity index (χ3n) is 1.53. The molecule has 0 atom stereocenters. The minimum atomic E-state index is -0.289. The lowest BCUT2D eigenvalue weighted by molar-refractivity contribution is -0.367. The minimum absolute atomic E-state index is 0. The van der Waals surface area contributed by atoms with Gasteiger partial charge < -0.3 is 18.9 Å². The summed E-state index contributed by atoms with van der Waals surface area (Å²) in [6, 6.07) is 0. The molecule has 1 heterocycles. The molecule has 0 unspecified atom stereocenters. The van der Waals surface area contributed by atoms with Gasteiger partial charge in [0.25, 0.3) is 0 Å². The first kappa shape index (κ1) is 13.1. The van der Waals surface area contributed by atoms with Gasteiger partial charge in [0.1, 0.15) is 0 Å². The molecule has 5 heteroatoms. The van der Waals surface area contributed by atoms with Crippen LogP contribution in [0, 0.1) is 0 Å². The van der Waals surface area contributed by atoms with Crippen LogP contribution in [0.15, 0.2) is 0 Å². The largest absolute Gasteiger partial charge is 0.324 e. The van der Waals surface area contributed by atoms with Gasteiger partial charge in [-0.25, -0.2) is 0 Å². The molecule has 0 bridgehead atoms. The van der Waals surface area contributed by atoms with Crippen molar-refractivity contribution in [3.63, 3.8) is 0 Å². The molecule has 0 aromatic heterocycles. The van der Waals surface area contributed by atoms with Crippen molar-refractivity contribution >= 4 is 12.4 Å². The first-order chi connectivity index (χ1) is 5.58. The zero-order valence-corrected chi connectivity index (χ0v) is 9.17. The van der Waals surface area contributed by atoms with Crippen molar-refractivity contribution in [2.24, 2.45) is 0 Å². The average Bonchev–Trinajstić information content (AvgIpc) is 1.81. The molecule has 0 radical (unpaired) electrons. The van der Waals surface area contributed by atoms with Crippen LogP contribution >= 0.6 is 12.4 Å². The maximum atomic E-state index is 5.31. The lowest BCUT2D eigenvalue weighted by Gasteiger charge is -2.30. The van der Waals surface area contributed by atoms with Crippen LogP contribution in [0.1, 0.15) is 27.7 Å². The summed E-state index contributed by atoms with van der Waals surface area (Å²) in [7, 11) is 0. The molecule has 1 aliphatic rings. The van der Waals surface area contributed by atoms with E-state index in [1.165, 1.54) is 0 Å². The molecule has 13 heavy (non-hydrogen) atoms. The monoisotopic (exact) mass is 212 g/mol. The van der Waals surface area contributed by atoms with Crippen LogP contribution in [-0.4, -0.2) is 25.2 Å². The normalized spacial score (nSPS) is 41.5. The van der Waals surface area contributed by atoms with Crippen molar-refractivity contribution in [3.05, 3.63) is 0 Å². The van der Waals surface area contributed by atoms with Gasteiger partial charge in [-0.05, 0) is 27.7 Å². The van der Waals surface area contributed by atoms with Crippen molar-refractivity contribution in [3.8, 4) is 0 Å². The van der Waals surface area contributed by atoms with Gasteiger partial charge in [-0.2, -0.15) is 0 Å². The second-order valence-electron chi connectivity index (χ2n) is 2.81. The number of ether oxygens (including phenoxy) is 4. The molecule has 1 rings (SSSR count). The van der Waals surface area contributed by atoms with Gasteiger partial charge >= 0.3 is 0 Å². The van der Waals surface area contributed by atoms with E-state index in [4.69, 9.17) is 18.9 Å². The smallest absolute Gasteiger partial charge is 0.161 e. The van der Waals surface area contributed by atoms with Gasteiger partial charge in [0.15, 0.2) is 25.2 Å². The zero-order chi connectivity index (χ0) is 9.14. The molecule has 0 aliphatic carbocycles. The standard InChI is InChI=1S/C8H16O4.ClH/c1-5-9-6(2)11-8(4)12-7(3)10-5;/h5-8H,1-4H3;1H. The predicted molar refractivity (Wildman–Crippen MR) is 49.4 cm³/mol. The molecule has 0 aromatic rings. The van der Waals surface area contributed by atoms with E-state index in [2.05, 4.69) is 0 Å². The Morgan fingerprint density at radius 2 is 0.692 bits per heavy atom. The van der Waals surface area contributed by atoms with Crippen molar-refractivity contribution in [1.29, 1.82) is 0 Å². The number of halogens is 1. The summed E-state index contributed by atoms with van der Waals surface area (Å²) in [5.41, 5.74) is 0. The summed E-state index contributed by atoms with van der Waals surface area (Å²) >= 11 is 0. The quantitative estimate of drug-likeness (QED) is 0.615. The Balaban J connectivity index is 0.00000144. The highest BCUT2D eigenvalue weighted by atomic mass is 35.5. The Hall–Kier alpha value is 0.130. The van der Waals surface area contributed by atoms with Crippen molar-refractivity contribution in [2.75, 3.05) is 0 Å². The molecule has 0 aromatic carbocycles. The second kappa shape index (κ2) is 5.78. The molecule has 80 valence electrons. The fraction of sp³-hybridized carbons (Fsp3) is 1.00. The summed E-state index contributed by atoms with van der Waals surface area (Å²) in [4.78, 5) is 0. The van der Waals surface area contributed by atoms with Gasteiger partial charge in [-0.3, -0.25) is 0 Å². The van der Waals surface area contributed by atoms with Crippen LogP contribution in [0.5, 0.6) is 0 Å². The molecule has 0 N–H and O–H groups in total. The van der Waals surface area contributed by atoms with Crippen molar-refractivity contribution in [2.45, 2.75) is 52.9 Å². The first-order valence-electron chi connectivity index (χ1n) is 4.20. The van der Waals surface area contributed by atoms with Crippen LogP contribution in [0.4, 0.5) is 0 Å². The van der Waals surface area contributed by atoms with Crippen LogP contribution in [0.3, 0.4) is 0 Å². The van der Waals surface area contributed by atoms with Crippen LogP contribution in [0.2, 0.25) is 0 Å². The number of hydrogen-bond donors (Lipinski definition) is 0. The van der Waals surface area contributed by atoms with E-state index < -0.39 is 0 Å². The van der Waals surface area contributed by atoms with E-state index in [-0.39, 0.29) is 37.6 Å². The first-order valence-corrected chi connectivity index (χ1v) is 4.20. The lowest BCUT2D eigenvalue weighted by atomic mass is 10.6. The third kappa shape index (κ3) is 4.78. The predicted octanol–water partition coefficient (Wildman–Crippen LogP) is 1.87.